The highest BCUT2D eigenvalue weighted by Crippen LogP contribution is 2.28. The molecule has 37 heavy (non-hydrogen) atoms. The van der Waals surface area contributed by atoms with Crippen molar-refractivity contribution in [3.05, 3.63) is 84.9 Å². The van der Waals surface area contributed by atoms with Crippen LogP contribution in [0.4, 0.5) is 5.69 Å². The van der Waals surface area contributed by atoms with E-state index in [0.29, 0.717) is 5.75 Å². The Labute approximate surface area is 218 Å². The Balaban J connectivity index is 1.53. The van der Waals surface area contributed by atoms with Crippen LogP contribution < -0.4 is 9.64 Å². The molecular weight excluding hydrogens is 488 g/mol. The zero-order valence-corrected chi connectivity index (χ0v) is 22.1. The van der Waals surface area contributed by atoms with Crippen LogP contribution in [0.15, 0.2) is 89.8 Å². The van der Waals surface area contributed by atoms with Gasteiger partial charge in [0.25, 0.3) is 10.1 Å². The number of aromatic nitrogens is 1. The lowest BCUT2D eigenvalue weighted by Crippen LogP contribution is -2.42. The molecule has 1 aromatic heterocycles. The third-order valence-corrected chi connectivity index (χ3v) is 7.48. The van der Waals surface area contributed by atoms with Gasteiger partial charge in [0.15, 0.2) is 5.60 Å². The van der Waals surface area contributed by atoms with Crippen molar-refractivity contribution in [2.45, 2.75) is 31.3 Å². The molecule has 0 saturated carbocycles. The molecule has 0 spiro atoms. The van der Waals surface area contributed by atoms with E-state index in [0.717, 1.165) is 35.2 Å². The Kier molecular flexibility index (Phi) is 8.12. The largest absolute Gasteiger partial charge is 0.483 e. The van der Waals surface area contributed by atoms with Crippen molar-refractivity contribution in [3.8, 4) is 17.0 Å². The molecule has 8 heteroatoms. The van der Waals surface area contributed by atoms with E-state index in [9.17, 15) is 13.5 Å². The topological polar surface area (TPSA) is 89.0 Å². The van der Waals surface area contributed by atoms with Crippen molar-refractivity contribution < 1.29 is 22.4 Å². The first-order valence-corrected chi connectivity index (χ1v) is 13.7. The Hall–Kier alpha value is -3.46. The van der Waals surface area contributed by atoms with Crippen LogP contribution in [0.25, 0.3) is 22.2 Å². The second-order valence-electron chi connectivity index (χ2n) is 9.01. The van der Waals surface area contributed by atoms with Crippen LogP contribution in [0.5, 0.6) is 5.75 Å². The lowest BCUT2D eigenvalue weighted by atomic mass is 10.1. The van der Waals surface area contributed by atoms with E-state index in [-0.39, 0.29) is 11.5 Å². The van der Waals surface area contributed by atoms with Gasteiger partial charge in [0.1, 0.15) is 12.4 Å². The Bertz CT molecular complexity index is 1440. The molecule has 0 fully saturated rings. The third kappa shape index (κ3) is 6.28. The second kappa shape index (κ2) is 11.3. The molecule has 0 radical (unpaired) electrons. The molecule has 0 saturated heterocycles. The zero-order chi connectivity index (χ0) is 26.5. The molecule has 1 unspecified atom stereocenters. The fraction of sp³-hybridized carbons (Fsp3) is 0.276. The van der Waals surface area contributed by atoms with Crippen LogP contribution in [0.2, 0.25) is 0 Å². The lowest BCUT2D eigenvalue weighted by molar-refractivity contribution is -0.00982. The maximum Gasteiger partial charge on any atom is 0.297 e. The SMILES string of the molecule is CCN(CC)c1ccc(-c2ccc3ccc(OC(C)(CO)COS(=O)(=O)c4ccccc4)cc3n2)cc1. The molecule has 1 atom stereocenters. The monoisotopic (exact) mass is 520 g/mol. The summed E-state index contributed by atoms with van der Waals surface area (Å²) in [6.45, 7) is 6.97. The second-order valence-corrected chi connectivity index (χ2v) is 10.6. The zero-order valence-electron chi connectivity index (χ0n) is 21.3. The first kappa shape index (κ1) is 26.6. The molecule has 4 aromatic rings. The minimum Gasteiger partial charge on any atom is -0.483 e. The van der Waals surface area contributed by atoms with Crippen LogP contribution in [0.1, 0.15) is 20.8 Å². The summed E-state index contributed by atoms with van der Waals surface area (Å²) in [7, 11) is -3.99. The first-order chi connectivity index (χ1) is 17.8. The number of pyridine rings is 1. The van der Waals surface area contributed by atoms with E-state index in [1.165, 1.54) is 17.8 Å². The highest BCUT2D eigenvalue weighted by atomic mass is 32.2. The summed E-state index contributed by atoms with van der Waals surface area (Å²) in [5.74, 6) is 0.450. The molecule has 194 valence electrons. The maximum atomic E-state index is 12.5. The van der Waals surface area contributed by atoms with Gasteiger partial charge >= 0.3 is 0 Å². The molecule has 4 rings (SSSR count). The summed E-state index contributed by atoms with van der Waals surface area (Å²) in [4.78, 5) is 7.15. The van der Waals surface area contributed by atoms with E-state index < -0.39 is 22.3 Å². The predicted octanol–water partition coefficient (Wildman–Crippen LogP) is 5.28. The number of ether oxygens (including phenoxy) is 1. The van der Waals surface area contributed by atoms with Gasteiger partial charge in [-0.1, -0.05) is 36.4 Å². The number of nitrogens with zero attached hydrogens (tertiary/aromatic N) is 2. The van der Waals surface area contributed by atoms with Crippen LogP contribution in [-0.4, -0.2) is 50.4 Å². The van der Waals surface area contributed by atoms with Gasteiger partial charge in [0.05, 0.1) is 22.7 Å². The van der Waals surface area contributed by atoms with Gasteiger partial charge in [-0.3, -0.25) is 4.18 Å². The van der Waals surface area contributed by atoms with Crippen molar-refractivity contribution in [3.63, 3.8) is 0 Å². The number of aliphatic hydroxyl groups is 1. The van der Waals surface area contributed by atoms with Crippen molar-refractivity contribution in [2.75, 3.05) is 31.2 Å². The van der Waals surface area contributed by atoms with E-state index in [4.69, 9.17) is 13.9 Å². The lowest BCUT2D eigenvalue weighted by Gasteiger charge is -2.28. The average Bonchev–Trinajstić information content (AvgIpc) is 2.93. The quantitative estimate of drug-likeness (QED) is 0.269. The first-order valence-electron chi connectivity index (χ1n) is 12.3. The predicted molar refractivity (Wildman–Crippen MR) is 146 cm³/mol. The Morgan fingerprint density at radius 1 is 0.919 bits per heavy atom. The van der Waals surface area contributed by atoms with E-state index in [2.05, 4.69) is 43.0 Å². The highest BCUT2D eigenvalue weighted by molar-refractivity contribution is 7.86. The summed E-state index contributed by atoms with van der Waals surface area (Å²) < 4.78 is 36.3. The minimum atomic E-state index is -3.99. The van der Waals surface area contributed by atoms with Gasteiger partial charge in [-0.15, -0.1) is 0 Å². The van der Waals surface area contributed by atoms with Crippen molar-refractivity contribution in [1.82, 2.24) is 4.98 Å². The molecule has 0 aliphatic rings. The summed E-state index contributed by atoms with van der Waals surface area (Å²) in [5, 5.41) is 10.9. The third-order valence-electron chi connectivity index (χ3n) is 6.21. The molecule has 1 heterocycles. The number of hydrogen-bond acceptors (Lipinski definition) is 7. The number of rotatable bonds is 11. The van der Waals surface area contributed by atoms with Gasteiger partial charge in [-0.2, -0.15) is 8.42 Å². The molecular formula is C29H32N2O5S. The Morgan fingerprint density at radius 2 is 1.59 bits per heavy atom. The van der Waals surface area contributed by atoms with Crippen molar-refractivity contribution in [2.24, 2.45) is 0 Å². The van der Waals surface area contributed by atoms with Gasteiger partial charge in [0, 0.05) is 35.8 Å². The molecule has 0 aliphatic heterocycles. The number of anilines is 1. The van der Waals surface area contributed by atoms with E-state index >= 15 is 0 Å². The summed E-state index contributed by atoms with van der Waals surface area (Å²) in [6, 6.07) is 25.6. The number of fused-ring (bicyclic) bond motifs is 1. The molecule has 0 aliphatic carbocycles. The molecule has 3 aromatic carbocycles. The van der Waals surface area contributed by atoms with Crippen LogP contribution in [0.3, 0.4) is 0 Å². The summed E-state index contributed by atoms with van der Waals surface area (Å²) in [5.41, 5.74) is 2.45. The van der Waals surface area contributed by atoms with Crippen molar-refractivity contribution >= 4 is 26.7 Å². The number of benzene rings is 3. The van der Waals surface area contributed by atoms with Gasteiger partial charge < -0.3 is 14.7 Å². The van der Waals surface area contributed by atoms with E-state index in [1.54, 1.807) is 37.3 Å². The standard InChI is InChI=1S/C29H32N2O5S/c1-4-31(5-2)24-15-11-22(12-16-24)27-18-14-23-13-17-25(19-28(23)30-27)36-29(3,20-32)21-35-37(33,34)26-9-7-6-8-10-26/h6-19,32H,4-5,20-21H2,1-3H3. The summed E-state index contributed by atoms with van der Waals surface area (Å²) >= 11 is 0. The Morgan fingerprint density at radius 3 is 2.24 bits per heavy atom. The van der Waals surface area contributed by atoms with Crippen LogP contribution in [-0.2, 0) is 14.3 Å². The molecule has 1 N–H and O–H groups in total. The highest BCUT2D eigenvalue weighted by Gasteiger charge is 2.30. The minimum absolute atomic E-state index is 0.0443. The molecule has 7 nitrogen and oxygen atoms in total. The van der Waals surface area contributed by atoms with Gasteiger partial charge in [-0.05, 0) is 63.2 Å². The molecule has 0 bridgehead atoms. The number of hydrogen-bond donors (Lipinski definition) is 1. The van der Waals surface area contributed by atoms with Gasteiger partial charge in [-0.25, -0.2) is 4.98 Å². The average molecular weight is 521 g/mol. The number of aliphatic hydroxyl groups excluding tert-OH is 1. The van der Waals surface area contributed by atoms with Crippen LogP contribution >= 0.6 is 0 Å². The van der Waals surface area contributed by atoms with Gasteiger partial charge in [0.2, 0.25) is 0 Å². The maximum absolute atomic E-state index is 12.5. The fourth-order valence-corrected chi connectivity index (χ4v) is 5.03. The molecule has 0 amide bonds. The normalized spacial score (nSPS) is 13.3. The van der Waals surface area contributed by atoms with Crippen molar-refractivity contribution in [1.29, 1.82) is 0 Å². The van der Waals surface area contributed by atoms with Crippen LogP contribution in [0, 0.1) is 0 Å². The smallest absolute Gasteiger partial charge is 0.297 e. The summed E-state index contributed by atoms with van der Waals surface area (Å²) in [6.07, 6.45) is 0. The fourth-order valence-electron chi connectivity index (χ4n) is 4.00. The van der Waals surface area contributed by atoms with E-state index in [1.807, 2.05) is 18.2 Å².